The van der Waals surface area contributed by atoms with Crippen LogP contribution in [0, 0.1) is 25.2 Å². The quantitative estimate of drug-likeness (QED) is 0.524. The maximum Gasteiger partial charge on any atom is 0.240 e. The first-order chi connectivity index (χ1) is 11.1. The van der Waals surface area contributed by atoms with E-state index in [0.717, 1.165) is 4.88 Å². The molecule has 6 nitrogen and oxygen atoms in total. The first-order valence-corrected chi connectivity index (χ1v) is 8.64. The standard InChI is InChI=1S/C15H13N5OS2/c1-8-11(7-16)15(18-10(3)17-8)23-9(2)14-19-13(20-21-14)12-5-4-6-22-12/h4-6,9H,1-3H3. The third-order valence-corrected chi connectivity index (χ3v) is 5.04. The predicted molar refractivity (Wildman–Crippen MR) is 88.1 cm³/mol. The van der Waals surface area contributed by atoms with Crippen molar-refractivity contribution in [2.75, 3.05) is 0 Å². The van der Waals surface area contributed by atoms with Crippen LogP contribution in [-0.2, 0) is 0 Å². The molecule has 0 radical (unpaired) electrons. The van der Waals surface area contributed by atoms with Gasteiger partial charge < -0.3 is 4.52 Å². The van der Waals surface area contributed by atoms with Crippen LogP contribution in [0.4, 0.5) is 0 Å². The van der Waals surface area contributed by atoms with E-state index in [0.29, 0.717) is 33.8 Å². The Hall–Kier alpha value is -2.24. The number of hydrogen-bond acceptors (Lipinski definition) is 8. The zero-order valence-electron chi connectivity index (χ0n) is 12.8. The van der Waals surface area contributed by atoms with Crippen LogP contribution in [-0.4, -0.2) is 20.1 Å². The molecule has 1 atom stereocenters. The second-order valence-electron chi connectivity index (χ2n) is 4.84. The summed E-state index contributed by atoms with van der Waals surface area (Å²) in [5.74, 6) is 1.73. The van der Waals surface area contributed by atoms with E-state index < -0.39 is 0 Å². The molecule has 23 heavy (non-hydrogen) atoms. The van der Waals surface area contributed by atoms with Gasteiger partial charge in [0.05, 0.1) is 15.8 Å². The highest BCUT2D eigenvalue weighted by Crippen LogP contribution is 2.36. The monoisotopic (exact) mass is 343 g/mol. The Balaban J connectivity index is 1.85. The van der Waals surface area contributed by atoms with Crippen molar-refractivity contribution >= 4 is 23.1 Å². The second-order valence-corrected chi connectivity index (χ2v) is 7.12. The molecule has 0 saturated carbocycles. The maximum atomic E-state index is 9.31. The minimum atomic E-state index is -0.114. The second kappa shape index (κ2) is 6.48. The van der Waals surface area contributed by atoms with Gasteiger partial charge in [-0.2, -0.15) is 10.2 Å². The van der Waals surface area contributed by atoms with E-state index in [4.69, 9.17) is 4.52 Å². The first kappa shape index (κ1) is 15.6. The van der Waals surface area contributed by atoms with Crippen LogP contribution in [0.25, 0.3) is 10.7 Å². The Morgan fingerprint density at radius 1 is 1.30 bits per heavy atom. The lowest BCUT2D eigenvalue weighted by atomic mass is 10.3. The van der Waals surface area contributed by atoms with Gasteiger partial charge in [0.1, 0.15) is 22.5 Å². The molecular weight excluding hydrogens is 330 g/mol. The fraction of sp³-hybridized carbons (Fsp3) is 0.267. The van der Waals surface area contributed by atoms with Gasteiger partial charge in [-0.05, 0) is 32.2 Å². The van der Waals surface area contributed by atoms with Crippen molar-refractivity contribution in [1.82, 2.24) is 20.1 Å². The average molecular weight is 343 g/mol. The van der Waals surface area contributed by atoms with Crippen LogP contribution in [0.5, 0.6) is 0 Å². The van der Waals surface area contributed by atoms with E-state index in [9.17, 15) is 5.26 Å². The number of aryl methyl sites for hydroxylation is 2. The molecule has 0 saturated heterocycles. The van der Waals surface area contributed by atoms with E-state index >= 15 is 0 Å². The van der Waals surface area contributed by atoms with Crippen molar-refractivity contribution in [3.05, 3.63) is 40.5 Å². The molecule has 0 aliphatic heterocycles. The van der Waals surface area contributed by atoms with Gasteiger partial charge in [0.15, 0.2) is 0 Å². The molecular formula is C15H13N5OS2. The highest BCUT2D eigenvalue weighted by Gasteiger charge is 2.20. The number of thioether (sulfide) groups is 1. The first-order valence-electron chi connectivity index (χ1n) is 6.88. The molecule has 116 valence electrons. The van der Waals surface area contributed by atoms with Crippen molar-refractivity contribution in [2.24, 2.45) is 0 Å². The predicted octanol–water partition coefficient (Wildman–Crippen LogP) is 3.93. The van der Waals surface area contributed by atoms with E-state index in [2.05, 4.69) is 26.2 Å². The molecule has 0 aliphatic carbocycles. The molecule has 1 unspecified atom stereocenters. The number of thiophene rings is 1. The largest absolute Gasteiger partial charge is 0.338 e. The number of aromatic nitrogens is 4. The van der Waals surface area contributed by atoms with Crippen molar-refractivity contribution in [3.8, 4) is 16.8 Å². The number of nitriles is 1. The van der Waals surface area contributed by atoms with Crippen molar-refractivity contribution in [1.29, 1.82) is 5.26 Å². The molecule has 0 bridgehead atoms. The van der Waals surface area contributed by atoms with Gasteiger partial charge in [0.2, 0.25) is 11.7 Å². The van der Waals surface area contributed by atoms with E-state index in [1.54, 1.807) is 11.3 Å². The van der Waals surface area contributed by atoms with Crippen molar-refractivity contribution < 1.29 is 4.52 Å². The van der Waals surface area contributed by atoms with Crippen LogP contribution in [0.2, 0.25) is 0 Å². The lowest BCUT2D eigenvalue weighted by Crippen LogP contribution is -2.00. The Labute approximate surface area is 141 Å². The smallest absolute Gasteiger partial charge is 0.240 e. The highest BCUT2D eigenvalue weighted by atomic mass is 32.2. The lowest BCUT2D eigenvalue weighted by Gasteiger charge is -2.09. The minimum Gasteiger partial charge on any atom is -0.338 e. The maximum absolute atomic E-state index is 9.31. The van der Waals surface area contributed by atoms with Crippen LogP contribution in [0.3, 0.4) is 0 Å². The highest BCUT2D eigenvalue weighted by molar-refractivity contribution is 7.99. The molecule has 0 amide bonds. The molecule has 3 rings (SSSR count). The van der Waals surface area contributed by atoms with Crippen LogP contribution < -0.4 is 0 Å². The lowest BCUT2D eigenvalue weighted by molar-refractivity contribution is 0.381. The molecule has 3 aromatic heterocycles. The Morgan fingerprint density at radius 2 is 2.13 bits per heavy atom. The van der Waals surface area contributed by atoms with Crippen molar-refractivity contribution in [2.45, 2.75) is 31.0 Å². The Bertz CT molecular complexity index is 867. The average Bonchev–Trinajstić information content (AvgIpc) is 3.18. The van der Waals surface area contributed by atoms with Gasteiger partial charge in [0, 0.05) is 0 Å². The van der Waals surface area contributed by atoms with Gasteiger partial charge in [-0.25, -0.2) is 9.97 Å². The van der Waals surface area contributed by atoms with Crippen molar-refractivity contribution in [3.63, 3.8) is 0 Å². The van der Waals surface area contributed by atoms with Gasteiger partial charge >= 0.3 is 0 Å². The molecule has 0 aromatic carbocycles. The third kappa shape index (κ3) is 3.25. The SMILES string of the molecule is Cc1nc(C)c(C#N)c(SC(C)c2nc(-c3cccs3)no2)n1. The van der Waals surface area contributed by atoms with Gasteiger partial charge in [0.25, 0.3) is 0 Å². The summed E-state index contributed by atoms with van der Waals surface area (Å²) in [6.07, 6.45) is 0. The normalized spacial score (nSPS) is 12.1. The summed E-state index contributed by atoms with van der Waals surface area (Å²) in [5, 5.41) is 15.8. The summed E-state index contributed by atoms with van der Waals surface area (Å²) in [7, 11) is 0. The molecule has 0 aliphatic rings. The van der Waals surface area contributed by atoms with Crippen LogP contribution in [0.1, 0.15) is 35.1 Å². The Kier molecular flexibility index (Phi) is 4.41. The topological polar surface area (TPSA) is 88.5 Å². The Morgan fingerprint density at radius 3 is 2.83 bits per heavy atom. The summed E-state index contributed by atoms with van der Waals surface area (Å²) < 4.78 is 5.35. The minimum absolute atomic E-state index is 0.114. The fourth-order valence-electron chi connectivity index (χ4n) is 2.02. The summed E-state index contributed by atoms with van der Waals surface area (Å²) in [5.41, 5.74) is 1.17. The molecule has 0 fully saturated rings. The van der Waals surface area contributed by atoms with Gasteiger partial charge in [-0.1, -0.05) is 23.0 Å². The third-order valence-electron chi connectivity index (χ3n) is 3.10. The summed E-state index contributed by atoms with van der Waals surface area (Å²) in [6, 6.07) is 6.06. The zero-order chi connectivity index (χ0) is 16.4. The number of rotatable bonds is 4. The summed E-state index contributed by atoms with van der Waals surface area (Å²) >= 11 is 2.98. The van der Waals surface area contributed by atoms with Gasteiger partial charge in [-0.3, -0.25) is 0 Å². The molecule has 3 aromatic rings. The van der Waals surface area contributed by atoms with Crippen LogP contribution >= 0.6 is 23.1 Å². The summed E-state index contributed by atoms with van der Waals surface area (Å²) in [4.78, 5) is 14.0. The van der Waals surface area contributed by atoms with Crippen LogP contribution in [0.15, 0.2) is 27.1 Å². The number of nitrogens with zero attached hydrogens (tertiary/aromatic N) is 5. The molecule has 3 heterocycles. The molecule has 8 heteroatoms. The fourth-order valence-corrected chi connectivity index (χ4v) is 3.70. The molecule has 0 spiro atoms. The van der Waals surface area contributed by atoms with E-state index in [1.807, 2.05) is 38.3 Å². The number of hydrogen-bond donors (Lipinski definition) is 0. The molecule has 0 N–H and O–H groups in total. The van der Waals surface area contributed by atoms with E-state index in [-0.39, 0.29) is 5.25 Å². The summed E-state index contributed by atoms with van der Waals surface area (Å²) in [6.45, 7) is 5.57. The van der Waals surface area contributed by atoms with E-state index in [1.165, 1.54) is 11.8 Å². The zero-order valence-corrected chi connectivity index (χ0v) is 14.4. The van der Waals surface area contributed by atoms with Gasteiger partial charge in [-0.15, -0.1) is 11.3 Å².